The molecule has 1 N–H and O–H groups in total. The van der Waals surface area contributed by atoms with E-state index in [9.17, 15) is 14.7 Å². The van der Waals surface area contributed by atoms with Gasteiger partial charge in [-0.3, -0.25) is 0 Å². The summed E-state index contributed by atoms with van der Waals surface area (Å²) in [5.41, 5.74) is 2.36. The number of hydrogen-bond donors (Lipinski definition) is 1. The monoisotopic (exact) mass is 356 g/mol. The van der Waals surface area contributed by atoms with E-state index in [2.05, 4.69) is 12.2 Å². The Morgan fingerprint density at radius 3 is 2.73 bits per heavy atom. The SMILES string of the molecule is CC1=C(C[C@@H]2OC(=O)C3=CCC[C@@H](O)[C@@]32C)C(=O)O[C@H](C2=CCC=C2)C1. The average molecular weight is 356 g/mol. The lowest BCUT2D eigenvalue weighted by molar-refractivity contribution is -0.147. The highest BCUT2D eigenvalue weighted by molar-refractivity contribution is 5.94. The standard InChI is InChI=1S/C21H24O5/c1-12-10-16(13-6-3-4-7-13)25-19(23)14(12)11-18-21(2)15(20(24)26-18)8-5-9-17(21)22/h3,6-8,16-18,22H,4-5,9-11H2,1-2H3/t16-,17+,18-,21+/m0/s1. The summed E-state index contributed by atoms with van der Waals surface area (Å²) in [6.45, 7) is 3.80. The Hall–Kier alpha value is -2.14. The Bertz CT molecular complexity index is 784. The first-order valence-corrected chi connectivity index (χ1v) is 9.27. The van der Waals surface area contributed by atoms with Crippen LogP contribution in [0.15, 0.2) is 46.6 Å². The molecule has 138 valence electrons. The predicted molar refractivity (Wildman–Crippen MR) is 95.0 cm³/mol. The van der Waals surface area contributed by atoms with E-state index in [1.807, 2.05) is 26.0 Å². The molecule has 0 aromatic carbocycles. The van der Waals surface area contributed by atoms with Gasteiger partial charge in [-0.05, 0) is 38.7 Å². The minimum absolute atomic E-state index is 0.234. The van der Waals surface area contributed by atoms with Crippen LogP contribution in [0.4, 0.5) is 0 Å². The van der Waals surface area contributed by atoms with Crippen LogP contribution in [0.5, 0.6) is 0 Å². The molecule has 0 aromatic rings. The van der Waals surface area contributed by atoms with Crippen molar-refractivity contribution in [3.05, 3.63) is 46.6 Å². The molecule has 1 fully saturated rings. The van der Waals surface area contributed by atoms with Gasteiger partial charge in [0.2, 0.25) is 0 Å². The smallest absolute Gasteiger partial charge is 0.334 e. The van der Waals surface area contributed by atoms with Crippen molar-refractivity contribution in [2.24, 2.45) is 5.41 Å². The zero-order valence-electron chi connectivity index (χ0n) is 15.2. The van der Waals surface area contributed by atoms with Crippen LogP contribution in [0.25, 0.3) is 0 Å². The minimum atomic E-state index is -0.767. The van der Waals surface area contributed by atoms with Crippen molar-refractivity contribution in [2.75, 3.05) is 0 Å². The van der Waals surface area contributed by atoms with E-state index in [0.717, 1.165) is 17.6 Å². The number of carbonyl (C=O) groups is 2. The van der Waals surface area contributed by atoms with E-state index in [4.69, 9.17) is 9.47 Å². The van der Waals surface area contributed by atoms with Gasteiger partial charge in [0.05, 0.1) is 11.5 Å². The summed E-state index contributed by atoms with van der Waals surface area (Å²) >= 11 is 0. The van der Waals surface area contributed by atoms with E-state index < -0.39 is 17.6 Å². The minimum Gasteiger partial charge on any atom is -0.458 e. The maximum absolute atomic E-state index is 12.6. The van der Waals surface area contributed by atoms with Gasteiger partial charge in [-0.25, -0.2) is 9.59 Å². The Labute approximate surface area is 153 Å². The molecule has 0 unspecified atom stereocenters. The van der Waals surface area contributed by atoms with Crippen LogP contribution in [-0.4, -0.2) is 35.4 Å². The fraction of sp³-hybridized carbons (Fsp3) is 0.524. The van der Waals surface area contributed by atoms with E-state index in [-0.39, 0.29) is 24.5 Å². The molecule has 2 aliphatic heterocycles. The Balaban J connectivity index is 1.59. The van der Waals surface area contributed by atoms with Crippen molar-refractivity contribution in [3.8, 4) is 0 Å². The van der Waals surface area contributed by atoms with E-state index in [1.54, 1.807) is 0 Å². The Kier molecular flexibility index (Phi) is 4.14. The van der Waals surface area contributed by atoms with Crippen LogP contribution in [-0.2, 0) is 19.1 Å². The Morgan fingerprint density at radius 2 is 2.04 bits per heavy atom. The fourth-order valence-corrected chi connectivity index (χ4v) is 4.51. The quantitative estimate of drug-likeness (QED) is 0.787. The van der Waals surface area contributed by atoms with Gasteiger partial charge in [-0.15, -0.1) is 0 Å². The van der Waals surface area contributed by atoms with Gasteiger partial charge in [0, 0.05) is 24.0 Å². The Morgan fingerprint density at radius 1 is 1.23 bits per heavy atom. The molecule has 0 radical (unpaired) electrons. The summed E-state index contributed by atoms with van der Waals surface area (Å²) < 4.78 is 11.2. The molecular formula is C21H24O5. The lowest BCUT2D eigenvalue weighted by Crippen LogP contribution is -2.43. The molecule has 5 nitrogen and oxygen atoms in total. The van der Waals surface area contributed by atoms with Crippen LogP contribution in [0.2, 0.25) is 0 Å². The van der Waals surface area contributed by atoms with E-state index in [0.29, 0.717) is 30.4 Å². The topological polar surface area (TPSA) is 72.8 Å². The molecule has 26 heavy (non-hydrogen) atoms. The normalized spacial score (nSPS) is 36.5. The molecule has 2 heterocycles. The number of ether oxygens (including phenoxy) is 2. The van der Waals surface area contributed by atoms with Gasteiger partial charge in [-0.2, -0.15) is 0 Å². The molecule has 0 saturated carbocycles. The number of aliphatic hydroxyl groups is 1. The number of allylic oxidation sites excluding steroid dienone is 3. The summed E-state index contributed by atoms with van der Waals surface area (Å²) in [6, 6.07) is 0. The summed E-state index contributed by atoms with van der Waals surface area (Å²) in [4.78, 5) is 24.9. The van der Waals surface area contributed by atoms with Gasteiger partial charge >= 0.3 is 11.9 Å². The van der Waals surface area contributed by atoms with Gasteiger partial charge in [0.25, 0.3) is 0 Å². The molecule has 0 aromatic heterocycles. The first-order valence-electron chi connectivity index (χ1n) is 9.27. The maximum Gasteiger partial charge on any atom is 0.334 e. The molecule has 4 atom stereocenters. The first-order chi connectivity index (χ1) is 12.4. The molecule has 1 saturated heterocycles. The van der Waals surface area contributed by atoms with E-state index >= 15 is 0 Å². The lowest BCUT2D eigenvalue weighted by atomic mass is 9.68. The number of hydrogen-bond acceptors (Lipinski definition) is 5. The summed E-state index contributed by atoms with van der Waals surface area (Å²) in [6.07, 6.45) is 9.64. The highest BCUT2D eigenvalue weighted by Crippen LogP contribution is 2.49. The maximum atomic E-state index is 12.6. The zero-order valence-corrected chi connectivity index (χ0v) is 15.2. The zero-order chi connectivity index (χ0) is 18.5. The van der Waals surface area contributed by atoms with Gasteiger partial charge in [-0.1, -0.05) is 29.9 Å². The third-order valence-corrected chi connectivity index (χ3v) is 6.26. The summed E-state index contributed by atoms with van der Waals surface area (Å²) in [7, 11) is 0. The van der Waals surface area contributed by atoms with Crippen LogP contribution in [0, 0.1) is 5.41 Å². The average Bonchev–Trinajstić information content (AvgIpc) is 3.20. The predicted octanol–water partition coefficient (Wildman–Crippen LogP) is 2.91. The van der Waals surface area contributed by atoms with Crippen molar-refractivity contribution >= 4 is 11.9 Å². The second-order valence-electron chi connectivity index (χ2n) is 7.79. The number of esters is 2. The third-order valence-electron chi connectivity index (χ3n) is 6.26. The highest BCUT2D eigenvalue weighted by atomic mass is 16.6. The molecule has 4 rings (SSSR count). The second-order valence-corrected chi connectivity index (χ2v) is 7.79. The molecule has 0 spiro atoms. The van der Waals surface area contributed by atoms with Crippen LogP contribution < -0.4 is 0 Å². The van der Waals surface area contributed by atoms with Crippen molar-refractivity contribution < 1.29 is 24.2 Å². The summed E-state index contributed by atoms with van der Waals surface area (Å²) in [5, 5.41) is 10.6. The van der Waals surface area contributed by atoms with Gasteiger partial charge in [0.15, 0.2) is 0 Å². The number of cyclic esters (lactones) is 2. The van der Waals surface area contributed by atoms with Crippen LogP contribution in [0.1, 0.15) is 46.0 Å². The molecule has 5 heteroatoms. The number of aliphatic hydroxyl groups excluding tert-OH is 1. The van der Waals surface area contributed by atoms with Crippen molar-refractivity contribution in [1.29, 1.82) is 0 Å². The molecule has 4 aliphatic rings. The van der Waals surface area contributed by atoms with Crippen molar-refractivity contribution in [3.63, 3.8) is 0 Å². The largest absolute Gasteiger partial charge is 0.458 e. The molecule has 0 bridgehead atoms. The number of carbonyl (C=O) groups excluding carboxylic acids is 2. The fourth-order valence-electron chi connectivity index (χ4n) is 4.51. The molecular weight excluding hydrogens is 332 g/mol. The second kappa shape index (κ2) is 6.23. The van der Waals surface area contributed by atoms with Crippen molar-refractivity contribution in [2.45, 2.75) is 64.3 Å². The lowest BCUT2D eigenvalue weighted by Gasteiger charge is -2.37. The summed E-state index contributed by atoms with van der Waals surface area (Å²) in [5.74, 6) is -0.722. The third kappa shape index (κ3) is 2.57. The van der Waals surface area contributed by atoms with E-state index in [1.165, 1.54) is 0 Å². The van der Waals surface area contributed by atoms with Gasteiger partial charge in [0.1, 0.15) is 12.2 Å². The van der Waals surface area contributed by atoms with Crippen LogP contribution >= 0.6 is 0 Å². The van der Waals surface area contributed by atoms with Crippen LogP contribution in [0.3, 0.4) is 0 Å². The van der Waals surface area contributed by atoms with Gasteiger partial charge < -0.3 is 14.6 Å². The highest BCUT2D eigenvalue weighted by Gasteiger charge is 2.55. The number of rotatable bonds is 3. The first kappa shape index (κ1) is 17.3. The number of fused-ring (bicyclic) bond motifs is 1. The molecule has 0 amide bonds. The van der Waals surface area contributed by atoms with Crippen molar-refractivity contribution in [1.82, 2.24) is 0 Å². The molecule has 2 aliphatic carbocycles.